The molecule has 0 aliphatic carbocycles. The van der Waals surface area contributed by atoms with E-state index in [-0.39, 0.29) is 6.15 Å². The second kappa shape index (κ2) is 16.1. The molecule has 0 aliphatic rings. The highest BCUT2D eigenvalue weighted by Crippen LogP contribution is 1.95. The maximum absolute atomic E-state index is 8.12. The van der Waals surface area contributed by atoms with E-state index in [1.165, 1.54) is 12.8 Å². The van der Waals surface area contributed by atoms with Gasteiger partial charge in [-0.15, -0.1) is 0 Å². The molecule has 4 N–H and O–H groups in total. The average Bonchev–Trinajstić information content (AvgIpc) is 2.00. The Morgan fingerprint density at radius 3 is 1.27 bits per heavy atom. The smallest absolute Gasteiger partial charge is 0.330 e. The summed E-state index contributed by atoms with van der Waals surface area (Å²) in [6, 6.07) is 0. The van der Waals surface area contributed by atoms with Crippen molar-refractivity contribution in [2.45, 2.75) is 25.7 Å². The largest absolute Gasteiger partial charge is 0.373 e. The standard InChI is InChI=1S/C6H16N2.CO2/c7-5-3-1-2-4-6-8;2-1-3/h1-8H2;. The van der Waals surface area contributed by atoms with Crippen LogP contribution < -0.4 is 11.5 Å². The van der Waals surface area contributed by atoms with Gasteiger partial charge in [0.05, 0.1) is 0 Å². The van der Waals surface area contributed by atoms with Crippen molar-refractivity contribution < 1.29 is 9.59 Å². The number of rotatable bonds is 5. The van der Waals surface area contributed by atoms with Crippen LogP contribution in [0.25, 0.3) is 0 Å². The Balaban J connectivity index is 0. The molecular weight excluding hydrogens is 144 g/mol. The molecule has 11 heavy (non-hydrogen) atoms. The molecule has 0 unspecified atom stereocenters. The molecule has 0 bridgehead atoms. The lowest BCUT2D eigenvalue weighted by molar-refractivity contribution is -0.191. The summed E-state index contributed by atoms with van der Waals surface area (Å²) in [6.07, 6.45) is 5.04. The molecule has 0 aromatic carbocycles. The van der Waals surface area contributed by atoms with Crippen LogP contribution in [0.2, 0.25) is 0 Å². The van der Waals surface area contributed by atoms with Crippen LogP contribution in [0.4, 0.5) is 0 Å². The zero-order valence-electron chi connectivity index (χ0n) is 6.71. The van der Waals surface area contributed by atoms with Crippen molar-refractivity contribution >= 4 is 6.15 Å². The quantitative estimate of drug-likeness (QED) is 0.549. The van der Waals surface area contributed by atoms with E-state index in [1.54, 1.807) is 0 Å². The zero-order chi connectivity index (χ0) is 8.95. The first-order valence-corrected chi connectivity index (χ1v) is 3.72. The lowest BCUT2D eigenvalue weighted by atomic mass is 10.2. The van der Waals surface area contributed by atoms with Crippen LogP contribution in [0.5, 0.6) is 0 Å². The van der Waals surface area contributed by atoms with Gasteiger partial charge in [0.2, 0.25) is 0 Å². The molecule has 0 aliphatic heterocycles. The van der Waals surface area contributed by atoms with Crippen LogP contribution in [-0.4, -0.2) is 19.2 Å². The van der Waals surface area contributed by atoms with Crippen molar-refractivity contribution in [2.75, 3.05) is 13.1 Å². The van der Waals surface area contributed by atoms with Crippen LogP contribution in [0.15, 0.2) is 0 Å². The van der Waals surface area contributed by atoms with Gasteiger partial charge in [0.15, 0.2) is 0 Å². The molecule has 0 aromatic rings. The van der Waals surface area contributed by atoms with Crippen LogP contribution >= 0.6 is 0 Å². The van der Waals surface area contributed by atoms with Crippen LogP contribution in [0.3, 0.4) is 0 Å². The summed E-state index contributed by atoms with van der Waals surface area (Å²) < 4.78 is 0. The van der Waals surface area contributed by atoms with E-state index >= 15 is 0 Å². The third-order valence-corrected chi connectivity index (χ3v) is 1.16. The number of hydrogen-bond donors (Lipinski definition) is 2. The lowest BCUT2D eigenvalue weighted by Crippen LogP contribution is -2.00. The Bertz CT molecular complexity index is 84.4. The van der Waals surface area contributed by atoms with Crippen molar-refractivity contribution in [3.8, 4) is 0 Å². The third kappa shape index (κ3) is 26.8. The normalized spacial score (nSPS) is 7.82. The average molecular weight is 160 g/mol. The first-order valence-electron chi connectivity index (χ1n) is 3.72. The molecule has 4 nitrogen and oxygen atoms in total. The number of carbonyl (C=O) groups excluding carboxylic acids is 2. The third-order valence-electron chi connectivity index (χ3n) is 1.16. The van der Waals surface area contributed by atoms with Gasteiger partial charge in [0.25, 0.3) is 0 Å². The minimum Gasteiger partial charge on any atom is -0.330 e. The fraction of sp³-hybridized carbons (Fsp3) is 0.857. The molecule has 4 heteroatoms. The molecule has 0 saturated heterocycles. The van der Waals surface area contributed by atoms with Crippen molar-refractivity contribution in [3.05, 3.63) is 0 Å². The van der Waals surface area contributed by atoms with Crippen LogP contribution in [0, 0.1) is 0 Å². The maximum atomic E-state index is 8.12. The van der Waals surface area contributed by atoms with Crippen molar-refractivity contribution in [3.63, 3.8) is 0 Å². The minimum atomic E-state index is 0.250. The van der Waals surface area contributed by atoms with Gasteiger partial charge < -0.3 is 11.5 Å². The molecule has 0 fully saturated rings. The summed E-state index contributed by atoms with van der Waals surface area (Å²) in [4.78, 5) is 16.2. The molecule has 0 spiro atoms. The fourth-order valence-electron chi connectivity index (χ4n) is 0.642. The first kappa shape index (κ1) is 12.9. The number of nitrogens with two attached hydrogens (primary N) is 2. The van der Waals surface area contributed by atoms with Crippen molar-refractivity contribution in [1.82, 2.24) is 0 Å². The van der Waals surface area contributed by atoms with Gasteiger partial charge in [-0.25, -0.2) is 0 Å². The van der Waals surface area contributed by atoms with E-state index in [2.05, 4.69) is 0 Å². The summed E-state index contributed by atoms with van der Waals surface area (Å²) in [7, 11) is 0. The van der Waals surface area contributed by atoms with E-state index in [1.807, 2.05) is 0 Å². The number of unbranched alkanes of at least 4 members (excludes halogenated alkanes) is 3. The van der Waals surface area contributed by atoms with E-state index in [0.717, 1.165) is 25.9 Å². The van der Waals surface area contributed by atoms with E-state index in [0.29, 0.717) is 0 Å². The molecule has 66 valence electrons. The van der Waals surface area contributed by atoms with Gasteiger partial charge >= 0.3 is 6.15 Å². The molecule has 0 radical (unpaired) electrons. The maximum Gasteiger partial charge on any atom is 0.373 e. The Hall–Kier alpha value is -0.700. The second-order valence-corrected chi connectivity index (χ2v) is 2.07. The second-order valence-electron chi connectivity index (χ2n) is 2.07. The van der Waals surface area contributed by atoms with Gasteiger partial charge in [0, 0.05) is 0 Å². The summed E-state index contributed by atoms with van der Waals surface area (Å²) >= 11 is 0. The molecule has 0 saturated carbocycles. The van der Waals surface area contributed by atoms with Crippen LogP contribution in [0.1, 0.15) is 25.7 Å². The lowest BCUT2D eigenvalue weighted by Gasteiger charge is -1.94. The van der Waals surface area contributed by atoms with Crippen molar-refractivity contribution in [1.29, 1.82) is 0 Å². The Labute approximate surface area is 66.9 Å². The number of hydrogen-bond acceptors (Lipinski definition) is 4. The van der Waals surface area contributed by atoms with Gasteiger partial charge in [-0.2, -0.15) is 9.59 Å². The van der Waals surface area contributed by atoms with E-state index in [4.69, 9.17) is 21.1 Å². The molecular formula is C7H16N2O2. The minimum absolute atomic E-state index is 0.250. The topological polar surface area (TPSA) is 86.2 Å². The summed E-state index contributed by atoms with van der Waals surface area (Å²) in [5.41, 5.74) is 10.6. The zero-order valence-corrected chi connectivity index (χ0v) is 6.71. The monoisotopic (exact) mass is 160 g/mol. The van der Waals surface area contributed by atoms with Gasteiger partial charge in [-0.05, 0) is 25.9 Å². The highest BCUT2D eigenvalue weighted by molar-refractivity contribution is 5.20. The highest BCUT2D eigenvalue weighted by atomic mass is 16.2. The summed E-state index contributed by atoms with van der Waals surface area (Å²) in [5.74, 6) is 0. The van der Waals surface area contributed by atoms with Gasteiger partial charge in [-0.1, -0.05) is 12.8 Å². The van der Waals surface area contributed by atoms with Crippen LogP contribution in [-0.2, 0) is 9.59 Å². The molecule has 0 rings (SSSR count). The summed E-state index contributed by atoms with van der Waals surface area (Å²) in [5, 5.41) is 0. The molecule has 0 aromatic heterocycles. The predicted molar refractivity (Wildman–Crippen MR) is 41.6 cm³/mol. The summed E-state index contributed by atoms with van der Waals surface area (Å²) in [6.45, 7) is 1.65. The van der Waals surface area contributed by atoms with E-state index in [9.17, 15) is 0 Å². The predicted octanol–water partition coefficient (Wildman–Crippen LogP) is -0.119. The highest BCUT2D eigenvalue weighted by Gasteiger charge is 1.83. The van der Waals surface area contributed by atoms with E-state index < -0.39 is 0 Å². The molecule has 0 amide bonds. The first-order chi connectivity index (χ1) is 5.33. The van der Waals surface area contributed by atoms with Gasteiger partial charge in [-0.3, -0.25) is 0 Å². The Morgan fingerprint density at radius 2 is 1.09 bits per heavy atom. The SMILES string of the molecule is NCCCCCCN.O=C=O. The Morgan fingerprint density at radius 1 is 0.818 bits per heavy atom. The fourth-order valence-corrected chi connectivity index (χ4v) is 0.642. The van der Waals surface area contributed by atoms with Crippen molar-refractivity contribution in [2.24, 2.45) is 11.5 Å². The van der Waals surface area contributed by atoms with Gasteiger partial charge in [0.1, 0.15) is 0 Å². The molecule has 0 atom stereocenters. The molecule has 0 heterocycles. The Kier molecular flexibility index (Phi) is 19.0.